The average molecular weight is 275 g/mol. The minimum atomic E-state index is -0.0606. The van der Waals surface area contributed by atoms with Crippen LogP contribution in [-0.2, 0) is 9.57 Å². The van der Waals surface area contributed by atoms with Crippen LogP contribution >= 0.6 is 0 Å². The number of hydrogen-bond acceptors (Lipinski definition) is 5. The molecule has 2 heterocycles. The molecule has 0 saturated carbocycles. The fraction of sp³-hybridized carbons (Fsp3) is 0.533. The first kappa shape index (κ1) is 13.5. The van der Waals surface area contributed by atoms with Crippen LogP contribution in [-0.4, -0.2) is 43.6 Å². The number of rotatable bonds is 5. The number of aliphatic imine (C=N–C) groups is 1. The number of hydroxylamine groups is 1. The van der Waals surface area contributed by atoms with Gasteiger partial charge in [-0.25, -0.2) is 4.99 Å². The summed E-state index contributed by atoms with van der Waals surface area (Å²) < 4.78 is 5.34. The molecule has 1 aromatic carbocycles. The van der Waals surface area contributed by atoms with E-state index < -0.39 is 0 Å². The Balaban J connectivity index is 1.44. The van der Waals surface area contributed by atoms with Crippen LogP contribution in [0.3, 0.4) is 0 Å². The van der Waals surface area contributed by atoms with E-state index in [9.17, 15) is 0 Å². The van der Waals surface area contributed by atoms with Crippen LogP contribution in [0.15, 0.2) is 35.3 Å². The smallest absolute Gasteiger partial charge is 0.211 e. The number of morpholine rings is 1. The van der Waals surface area contributed by atoms with Crippen LogP contribution in [0.5, 0.6) is 0 Å². The van der Waals surface area contributed by atoms with E-state index in [1.54, 1.807) is 0 Å². The lowest BCUT2D eigenvalue weighted by atomic mass is 10.2. The van der Waals surface area contributed by atoms with Gasteiger partial charge in [-0.05, 0) is 18.5 Å². The van der Waals surface area contributed by atoms with E-state index in [0.717, 1.165) is 57.2 Å². The lowest BCUT2D eigenvalue weighted by Crippen LogP contribution is -2.37. The van der Waals surface area contributed by atoms with E-state index in [2.05, 4.69) is 27.5 Å². The Labute approximate surface area is 119 Å². The second-order valence-corrected chi connectivity index (χ2v) is 5.11. The summed E-state index contributed by atoms with van der Waals surface area (Å²) >= 11 is 0. The highest BCUT2D eigenvalue weighted by molar-refractivity contribution is 5.77. The van der Waals surface area contributed by atoms with Gasteiger partial charge in [0.1, 0.15) is 0 Å². The molecule has 2 aliphatic heterocycles. The maximum Gasteiger partial charge on any atom is 0.211 e. The highest BCUT2D eigenvalue weighted by Gasteiger charge is 2.19. The van der Waals surface area contributed by atoms with Crippen molar-refractivity contribution < 1.29 is 9.57 Å². The van der Waals surface area contributed by atoms with E-state index in [1.165, 1.54) is 0 Å². The van der Waals surface area contributed by atoms with E-state index in [1.807, 2.05) is 18.2 Å². The minimum Gasteiger partial charge on any atom is -0.391 e. The van der Waals surface area contributed by atoms with Gasteiger partial charge in [0.2, 0.25) is 5.90 Å². The molecular formula is C15H21N3O2. The summed E-state index contributed by atoms with van der Waals surface area (Å²) in [5.41, 5.74) is 4.11. The van der Waals surface area contributed by atoms with E-state index >= 15 is 0 Å². The van der Waals surface area contributed by atoms with E-state index in [4.69, 9.17) is 9.57 Å². The second-order valence-electron chi connectivity index (χ2n) is 5.11. The van der Waals surface area contributed by atoms with Crippen LogP contribution in [0.1, 0.15) is 24.6 Å². The first-order chi connectivity index (χ1) is 9.92. The van der Waals surface area contributed by atoms with Crippen LogP contribution in [0.25, 0.3) is 0 Å². The molecule has 1 N–H and O–H groups in total. The Hall–Kier alpha value is -1.43. The molecule has 0 spiro atoms. The fourth-order valence-corrected chi connectivity index (χ4v) is 2.49. The van der Waals surface area contributed by atoms with Crippen molar-refractivity contribution in [1.82, 2.24) is 10.4 Å². The van der Waals surface area contributed by atoms with Crippen LogP contribution in [0.4, 0.5) is 0 Å². The van der Waals surface area contributed by atoms with Gasteiger partial charge in [0, 0.05) is 19.5 Å². The average Bonchev–Trinajstić information content (AvgIpc) is 2.98. The zero-order valence-electron chi connectivity index (χ0n) is 11.6. The summed E-state index contributed by atoms with van der Waals surface area (Å²) in [4.78, 5) is 12.5. The maximum atomic E-state index is 5.47. The van der Waals surface area contributed by atoms with Crippen LogP contribution in [0, 0.1) is 0 Å². The van der Waals surface area contributed by atoms with Crippen molar-refractivity contribution >= 4 is 5.90 Å². The molecule has 108 valence electrons. The van der Waals surface area contributed by atoms with E-state index in [-0.39, 0.29) is 6.17 Å². The van der Waals surface area contributed by atoms with Gasteiger partial charge in [0.25, 0.3) is 0 Å². The standard InChI is InChI=1S/C15H21N3O2/c1-2-5-13(6-3-1)15-16-14(20-17-15)7-4-8-18-9-11-19-12-10-18/h1-3,5-6,15,17H,4,7-12H2/t15-/m1/s1. The molecule has 3 rings (SSSR count). The Morgan fingerprint density at radius 3 is 2.80 bits per heavy atom. The van der Waals surface area contributed by atoms with Gasteiger partial charge < -0.3 is 9.57 Å². The molecule has 1 saturated heterocycles. The van der Waals surface area contributed by atoms with Gasteiger partial charge in [-0.15, -0.1) is 5.48 Å². The summed E-state index contributed by atoms with van der Waals surface area (Å²) in [6.07, 6.45) is 1.89. The van der Waals surface area contributed by atoms with Gasteiger partial charge in [-0.1, -0.05) is 30.3 Å². The third-order valence-electron chi connectivity index (χ3n) is 3.65. The van der Waals surface area contributed by atoms with Crippen molar-refractivity contribution in [3.63, 3.8) is 0 Å². The van der Waals surface area contributed by atoms with Crippen molar-refractivity contribution in [3.8, 4) is 0 Å². The fourth-order valence-electron chi connectivity index (χ4n) is 2.49. The third-order valence-corrected chi connectivity index (χ3v) is 3.65. The summed E-state index contributed by atoms with van der Waals surface area (Å²) in [7, 11) is 0. The normalized spacial score (nSPS) is 23.4. The molecule has 0 aromatic heterocycles. The van der Waals surface area contributed by atoms with E-state index in [0.29, 0.717) is 0 Å². The van der Waals surface area contributed by atoms with Crippen molar-refractivity contribution in [3.05, 3.63) is 35.9 Å². The van der Waals surface area contributed by atoms with Crippen LogP contribution < -0.4 is 5.48 Å². The number of hydrogen-bond donors (Lipinski definition) is 1. The molecule has 2 aliphatic rings. The first-order valence-electron chi connectivity index (χ1n) is 7.26. The molecule has 5 heteroatoms. The second kappa shape index (κ2) is 6.83. The molecule has 0 aliphatic carbocycles. The van der Waals surface area contributed by atoms with Gasteiger partial charge in [-0.3, -0.25) is 4.90 Å². The van der Waals surface area contributed by atoms with Crippen molar-refractivity contribution in [2.24, 2.45) is 4.99 Å². The molecule has 0 radical (unpaired) electrons. The number of nitrogens with one attached hydrogen (secondary N) is 1. The minimum absolute atomic E-state index is 0.0606. The van der Waals surface area contributed by atoms with Crippen molar-refractivity contribution in [2.45, 2.75) is 19.0 Å². The Kier molecular flexibility index (Phi) is 4.63. The third kappa shape index (κ3) is 3.56. The highest BCUT2D eigenvalue weighted by Crippen LogP contribution is 2.19. The van der Waals surface area contributed by atoms with Gasteiger partial charge in [0.05, 0.1) is 13.2 Å². The summed E-state index contributed by atoms with van der Waals surface area (Å²) in [6.45, 7) is 4.88. The SMILES string of the molecule is c1ccc([C@@H]2N=C(CCCN3CCOCC3)ON2)cc1. The molecule has 20 heavy (non-hydrogen) atoms. The Morgan fingerprint density at radius 2 is 2.00 bits per heavy atom. The molecule has 0 amide bonds. The highest BCUT2D eigenvalue weighted by atomic mass is 16.7. The lowest BCUT2D eigenvalue weighted by Gasteiger charge is -2.26. The molecule has 1 atom stereocenters. The van der Waals surface area contributed by atoms with Crippen molar-refractivity contribution in [2.75, 3.05) is 32.8 Å². The predicted molar refractivity (Wildman–Crippen MR) is 77.3 cm³/mol. The molecular weight excluding hydrogens is 254 g/mol. The largest absolute Gasteiger partial charge is 0.391 e. The number of ether oxygens (including phenoxy) is 1. The quantitative estimate of drug-likeness (QED) is 0.889. The molecule has 0 bridgehead atoms. The van der Waals surface area contributed by atoms with Crippen molar-refractivity contribution in [1.29, 1.82) is 0 Å². The summed E-state index contributed by atoms with van der Waals surface area (Å²) in [5, 5.41) is 0. The summed E-state index contributed by atoms with van der Waals surface area (Å²) in [5.74, 6) is 0.812. The molecule has 1 fully saturated rings. The van der Waals surface area contributed by atoms with Gasteiger partial charge in [0.15, 0.2) is 6.17 Å². The zero-order chi connectivity index (χ0) is 13.6. The summed E-state index contributed by atoms with van der Waals surface area (Å²) in [6, 6.07) is 10.2. The topological polar surface area (TPSA) is 46.1 Å². The first-order valence-corrected chi connectivity index (χ1v) is 7.26. The number of benzene rings is 1. The lowest BCUT2D eigenvalue weighted by molar-refractivity contribution is 0.0374. The van der Waals surface area contributed by atoms with Crippen LogP contribution in [0.2, 0.25) is 0 Å². The molecule has 1 aromatic rings. The molecule has 0 unspecified atom stereocenters. The zero-order valence-corrected chi connectivity index (χ0v) is 11.6. The predicted octanol–water partition coefficient (Wildman–Crippen LogP) is 1.73. The molecule has 5 nitrogen and oxygen atoms in total. The van der Waals surface area contributed by atoms with Gasteiger partial charge >= 0.3 is 0 Å². The Bertz CT molecular complexity index is 444. The number of nitrogens with zero attached hydrogens (tertiary/aromatic N) is 2. The monoisotopic (exact) mass is 275 g/mol. The maximum absolute atomic E-state index is 5.47. The van der Waals surface area contributed by atoms with Gasteiger partial charge in [-0.2, -0.15) is 0 Å². The Morgan fingerprint density at radius 1 is 1.20 bits per heavy atom.